The molecule has 6 nitrogen and oxygen atoms in total. The number of ether oxygens (including phenoxy) is 2. The molecule has 0 atom stereocenters. The van der Waals surface area contributed by atoms with Crippen LogP contribution in [0.4, 0.5) is 5.69 Å². The summed E-state index contributed by atoms with van der Waals surface area (Å²) in [6.07, 6.45) is 0.882. The van der Waals surface area contributed by atoms with Crippen molar-refractivity contribution >= 4 is 34.9 Å². The van der Waals surface area contributed by atoms with Gasteiger partial charge in [-0.15, -0.1) is 0 Å². The van der Waals surface area contributed by atoms with E-state index in [1.807, 2.05) is 30.3 Å². The number of hydrogen-bond acceptors (Lipinski definition) is 5. The summed E-state index contributed by atoms with van der Waals surface area (Å²) in [5.74, 6) is 0.177. The van der Waals surface area contributed by atoms with E-state index in [-0.39, 0.29) is 11.0 Å². The van der Waals surface area contributed by atoms with Crippen molar-refractivity contribution in [2.24, 2.45) is 0 Å². The van der Waals surface area contributed by atoms with Gasteiger partial charge in [0, 0.05) is 12.1 Å². The standard InChI is InChI=1S/C19H20N2O4S/c1-24-18(23)14-9-11-15(12-10-14)20-19(26)21-17(22)8-5-13-25-16-6-3-2-4-7-16/h2-4,6-7,9-12H,5,8,13H2,1H3,(H2,20,21,22,26). The summed E-state index contributed by atoms with van der Waals surface area (Å²) in [7, 11) is 1.32. The van der Waals surface area contributed by atoms with Crippen molar-refractivity contribution in [3.05, 3.63) is 60.2 Å². The quantitative estimate of drug-likeness (QED) is 0.442. The fourth-order valence-electron chi connectivity index (χ4n) is 2.10. The molecule has 2 aromatic carbocycles. The van der Waals surface area contributed by atoms with Gasteiger partial charge in [-0.3, -0.25) is 4.79 Å². The van der Waals surface area contributed by atoms with E-state index in [1.54, 1.807) is 24.3 Å². The van der Waals surface area contributed by atoms with E-state index in [0.29, 0.717) is 30.7 Å². The second-order valence-electron chi connectivity index (χ2n) is 5.34. The largest absolute Gasteiger partial charge is 0.494 e. The second kappa shape index (κ2) is 10.1. The minimum Gasteiger partial charge on any atom is -0.494 e. The molecule has 0 unspecified atom stereocenters. The molecule has 0 aliphatic rings. The Balaban J connectivity index is 1.68. The van der Waals surface area contributed by atoms with Crippen molar-refractivity contribution in [2.45, 2.75) is 12.8 Å². The van der Waals surface area contributed by atoms with Crippen LogP contribution >= 0.6 is 12.2 Å². The third-order valence-electron chi connectivity index (χ3n) is 3.38. The summed E-state index contributed by atoms with van der Waals surface area (Å²) in [6.45, 7) is 0.451. The zero-order valence-electron chi connectivity index (χ0n) is 14.4. The van der Waals surface area contributed by atoms with Crippen molar-refractivity contribution in [2.75, 3.05) is 19.0 Å². The Kier molecular flexibility index (Phi) is 7.57. The first-order valence-electron chi connectivity index (χ1n) is 8.05. The SMILES string of the molecule is COC(=O)c1ccc(NC(=S)NC(=O)CCCOc2ccccc2)cc1. The lowest BCUT2D eigenvalue weighted by molar-refractivity contribution is -0.119. The molecule has 136 valence electrons. The molecule has 2 rings (SSSR count). The van der Waals surface area contributed by atoms with Crippen LogP contribution in [0.25, 0.3) is 0 Å². The number of para-hydroxylation sites is 1. The number of anilines is 1. The summed E-state index contributed by atoms with van der Waals surface area (Å²) in [4.78, 5) is 23.3. The molecule has 2 N–H and O–H groups in total. The summed E-state index contributed by atoms with van der Waals surface area (Å²) in [6, 6.07) is 16.0. The molecule has 0 saturated heterocycles. The Hall–Kier alpha value is -2.93. The van der Waals surface area contributed by atoms with Crippen LogP contribution in [0, 0.1) is 0 Å². The predicted molar refractivity (Wildman–Crippen MR) is 103 cm³/mol. The monoisotopic (exact) mass is 372 g/mol. The predicted octanol–water partition coefficient (Wildman–Crippen LogP) is 3.15. The average molecular weight is 372 g/mol. The number of methoxy groups -OCH3 is 1. The summed E-state index contributed by atoms with van der Waals surface area (Å²) >= 11 is 5.11. The van der Waals surface area contributed by atoms with E-state index < -0.39 is 5.97 Å². The zero-order valence-corrected chi connectivity index (χ0v) is 15.2. The summed E-state index contributed by atoms with van der Waals surface area (Å²) in [5, 5.41) is 5.70. The molecular weight excluding hydrogens is 352 g/mol. The molecule has 0 heterocycles. The van der Waals surface area contributed by atoms with Crippen LogP contribution in [0.5, 0.6) is 5.75 Å². The highest BCUT2D eigenvalue weighted by atomic mass is 32.1. The molecule has 0 aliphatic heterocycles. The van der Waals surface area contributed by atoms with E-state index in [9.17, 15) is 9.59 Å². The lowest BCUT2D eigenvalue weighted by Gasteiger charge is -2.10. The maximum absolute atomic E-state index is 11.9. The Morgan fingerprint density at radius 1 is 1.04 bits per heavy atom. The number of carbonyl (C=O) groups excluding carboxylic acids is 2. The minimum absolute atomic E-state index is 0.189. The molecule has 0 fully saturated rings. The van der Waals surface area contributed by atoms with E-state index >= 15 is 0 Å². The van der Waals surface area contributed by atoms with Crippen LogP contribution in [-0.2, 0) is 9.53 Å². The molecule has 0 aliphatic carbocycles. The molecular formula is C19H20N2O4S. The molecule has 2 aromatic rings. The maximum atomic E-state index is 11.9. The van der Waals surface area contributed by atoms with Gasteiger partial charge < -0.3 is 20.1 Å². The van der Waals surface area contributed by atoms with Gasteiger partial charge in [-0.25, -0.2) is 4.79 Å². The highest BCUT2D eigenvalue weighted by molar-refractivity contribution is 7.80. The first-order valence-corrected chi connectivity index (χ1v) is 8.46. The van der Waals surface area contributed by atoms with E-state index in [4.69, 9.17) is 17.0 Å². The van der Waals surface area contributed by atoms with Gasteiger partial charge in [0.1, 0.15) is 5.75 Å². The number of hydrogen-bond donors (Lipinski definition) is 2. The Morgan fingerprint density at radius 2 is 1.73 bits per heavy atom. The van der Waals surface area contributed by atoms with E-state index in [1.165, 1.54) is 7.11 Å². The maximum Gasteiger partial charge on any atom is 0.337 e. The number of thiocarbonyl (C=S) groups is 1. The number of nitrogens with one attached hydrogen (secondary N) is 2. The molecule has 0 radical (unpaired) electrons. The molecule has 1 amide bonds. The fraction of sp³-hybridized carbons (Fsp3) is 0.211. The number of rotatable bonds is 7. The van der Waals surface area contributed by atoms with Crippen molar-refractivity contribution in [3.63, 3.8) is 0 Å². The van der Waals surface area contributed by atoms with Gasteiger partial charge >= 0.3 is 5.97 Å². The molecule has 7 heteroatoms. The number of amides is 1. The van der Waals surface area contributed by atoms with Crippen molar-refractivity contribution in [1.82, 2.24) is 5.32 Å². The van der Waals surface area contributed by atoms with Crippen molar-refractivity contribution in [3.8, 4) is 5.75 Å². The van der Waals surface area contributed by atoms with Crippen LogP contribution in [0.3, 0.4) is 0 Å². The molecule has 0 saturated carbocycles. The highest BCUT2D eigenvalue weighted by Crippen LogP contribution is 2.11. The van der Waals surface area contributed by atoms with Crippen LogP contribution in [-0.4, -0.2) is 30.7 Å². The number of esters is 1. The minimum atomic E-state index is -0.412. The van der Waals surface area contributed by atoms with Crippen LogP contribution in [0.15, 0.2) is 54.6 Å². The average Bonchev–Trinajstić information content (AvgIpc) is 2.66. The van der Waals surface area contributed by atoms with Crippen LogP contribution in [0.2, 0.25) is 0 Å². The molecule has 0 spiro atoms. The third-order valence-corrected chi connectivity index (χ3v) is 3.58. The Morgan fingerprint density at radius 3 is 2.38 bits per heavy atom. The molecule has 26 heavy (non-hydrogen) atoms. The van der Waals surface area contributed by atoms with Crippen LogP contribution in [0.1, 0.15) is 23.2 Å². The smallest absolute Gasteiger partial charge is 0.337 e. The number of benzene rings is 2. The molecule has 0 aromatic heterocycles. The van der Waals surface area contributed by atoms with Gasteiger partial charge in [0.25, 0.3) is 0 Å². The molecule has 0 bridgehead atoms. The van der Waals surface area contributed by atoms with Gasteiger partial charge in [-0.1, -0.05) is 18.2 Å². The van der Waals surface area contributed by atoms with Gasteiger partial charge in [-0.2, -0.15) is 0 Å². The summed E-state index contributed by atoms with van der Waals surface area (Å²) < 4.78 is 10.2. The van der Waals surface area contributed by atoms with Gasteiger partial charge in [0.05, 0.1) is 19.3 Å². The van der Waals surface area contributed by atoms with Crippen molar-refractivity contribution < 1.29 is 19.1 Å². The Labute approximate surface area is 157 Å². The fourth-order valence-corrected chi connectivity index (χ4v) is 2.33. The number of carbonyl (C=O) groups is 2. The first kappa shape index (κ1) is 19.4. The highest BCUT2D eigenvalue weighted by Gasteiger charge is 2.07. The van der Waals surface area contributed by atoms with Crippen molar-refractivity contribution in [1.29, 1.82) is 0 Å². The van der Waals surface area contributed by atoms with Gasteiger partial charge in [-0.05, 0) is 55.0 Å². The van der Waals surface area contributed by atoms with Gasteiger partial charge in [0.2, 0.25) is 5.91 Å². The third kappa shape index (κ3) is 6.52. The zero-order chi connectivity index (χ0) is 18.8. The van der Waals surface area contributed by atoms with Gasteiger partial charge in [0.15, 0.2) is 5.11 Å². The first-order chi connectivity index (χ1) is 12.6. The van der Waals surface area contributed by atoms with Crippen LogP contribution < -0.4 is 15.4 Å². The topological polar surface area (TPSA) is 76.7 Å². The summed E-state index contributed by atoms with van der Waals surface area (Å²) in [5.41, 5.74) is 1.10. The normalized spacial score (nSPS) is 9.88. The lowest BCUT2D eigenvalue weighted by atomic mass is 10.2. The Bertz CT molecular complexity index is 748. The van der Waals surface area contributed by atoms with E-state index in [0.717, 1.165) is 5.75 Å². The second-order valence-corrected chi connectivity index (χ2v) is 5.74. The lowest BCUT2D eigenvalue weighted by Crippen LogP contribution is -2.34. The van der Waals surface area contributed by atoms with E-state index in [2.05, 4.69) is 15.4 Å².